The Morgan fingerprint density at radius 2 is 1.56 bits per heavy atom. The third kappa shape index (κ3) is 3.40. The SMILES string of the molecule is CC1=N/C(=C/c2ccc(Cl)cc2)C(=O)N1n1c(-c2ccccc2)nc2ccccc2c1=O. The number of nitrogens with zero attached hydrogens (tertiary/aromatic N) is 4. The van der Waals surface area contributed by atoms with Crippen LogP contribution in [0.4, 0.5) is 0 Å². The molecule has 0 saturated heterocycles. The molecule has 0 aliphatic carbocycles. The van der Waals surface area contributed by atoms with Crippen LogP contribution in [0.3, 0.4) is 0 Å². The molecule has 32 heavy (non-hydrogen) atoms. The predicted molar refractivity (Wildman–Crippen MR) is 127 cm³/mol. The number of hydrogen-bond acceptors (Lipinski definition) is 4. The zero-order chi connectivity index (χ0) is 22.2. The van der Waals surface area contributed by atoms with Gasteiger partial charge in [-0.3, -0.25) is 9.59 Å². The molecule has 0 bridgehead atoms. The monoisotopic (exact) mass is 440 g/mol. The first-order valence-corrected chi connectivity index (χ1v) is 10.4. The van der Waals surface area contributed by atoms with Crippen LogP contribution in [0, 0.1) is 0 Å². The topological polar surface area (TPSA) is 67.6 Å². The van der Waals surface area contributed by atoms with Crippen molar-refractivity contribution in [1.82, 2.24) is 9.66 Å². The quantitative estimate of drug-likeness (QED) is 0.435. The average Bonchev–Trinajstić information content (AvgIpc) is 3.08. The largest absolute Gasteiger partial charge is 0.297 e. The minimum absolute atomic E-state index is 0.226. The number of para-hydroxylation sites is 1. The Hall–Kier alpha value is -4.03. The zero-order valence-electron chi connectivity index (χ0n) is 17.1. The van der Waals surface area contributed by atoms with E-state index in [0.717, 1.165) is 5.56 Å². The molecule has 6 nitrogen and oxygen atoms in total. The van der Waals surface area contributed by atoms with Gasteiger partial charge < -0.3 is 0 Å². The Morgan fingerprint density at radius 3 is 2.31 bits per heavy atom. The van der Waals surface area contributed by atoms with Crippen LogP contribution in [0.1, 0.15) is 12.5 Å². The van der Waals surface area contributed by atoms with E-state index in [1.165, 1.54) is 9.69 Å². The summed E-state index contributed by atoms with van der Waals surface area (Å²) in [6.07, 6.45) is 1.67. The zero-order valence-corrected chi connectivity index (χ0v) is 17.8. The van der Waals surface area contributed by atoms with E-state index in [2.05, 4.69) is 4.99 Å². The lowest BCUT2D eigenvalue weighted by Crippen LogP contribution is -2.47. The number of aliphatic imine (C=N–C) groups is 1. The Labute approximate surface area is 188 Å². The molecular weight excluding hydrogens is 424 g/mol. The molecule has 0 N–H and O–H groups in total. The van der Waals surface area contributed by atoms with E-state index in [1.807, 2.05) is 36.4 Å². The molecule has 5 rings (SSSR count). The third-order valence-electron chi connectivity index (χ3n) is 5.16. The van der Waals surface area contributed by atoms with Crippen molar-refractivity contribution in [2.24, 2.45) is 4.99 Å². The van der Waals surface area contributed by atoms with Crippen molar-refractivity contribution in [2.75, 3.05) is 5.01 Å². The van der Waals surface area contributed by atoms with E-state index in [1.54, 1.807) is 55.5 Å². The molecule has 1 amide bonds. The Morgan fingerprint density at radius 1 is 0.875 bits per heavy atom. The van der Waals surface area contributed by atoms with Gasteiger partial charge in [0.15, 0.2) is 5.82 Å². The number of carbonyl (C=O) groups is 1. The summed E-state index contributed by atoms with van der Waals surface area (Å²) in [4.78, 5) is 36.1. The highest BCUT2D eigenvalue weighted by Gasteiger charge is 2.32. The summed E-state index contributed by atoms with van der Waals surface area (Å²) in [6, 6.07) is 23.5. The number of amides is 1. The molecule has 0 atom stereocenters. The standard InChI is InChI=1S/C25H17ClN4O2/c1-16-27-22(15-17-11-13-19(26)14-12-17)25(32)29(16)30-23(18-7-3-2-4-8-18)28-21-10-6-5-9-20(21)24(30)31/h2-15H,1H3/b22-15+. The Kier molecular flexibility index (Phi) is 4.92. The van der Waals surface area contributed by atoms with Gasteiger partial charge in [0.1, 0.15) is 11.5 Å². The number of aromatic nitrogens is 2. The molecule has 0 unspecified atom stereocenters. The maximum absolute atomic E-state index is 13.5. The molecule has 0 radical (unpaired) electrons. The average molecular weight is 441 g/mol. The van der Waals surface area contributed by atoms with E-state index in [-0.39, 0.29) is 11.3 Å². The predicted octanol–water partition coefficient (Wildman–Crippen LogP) is 4.65. The second-order valence-electron chi connectivity index (χ2n) is 7.29. The number of hydrogen-bond donors (Lipinski definition) is 0. The number of benzene rings is 3. The first kappa shape index (κ1) is 19.9. The van der Waals surface area contributed by atoms with Crippen LogP contribution in [0.15, 0.2) is 94.3 Å². The lowest BCUT2D eigenvalue weighted by Gasteiger charge is -2.22. The normalized spacial score (nSPS) is 14.9. The summed E-state index contributed by atoms with van der Waals surface area (Å²) >= 11 is 5.96. The van der Waals surface area contributed by atoms with Gasteiger partial charge >= 0.3 is 0 Å². The molecule has 7 heteroatoms. The number of rotatable bonds is 3. The van der Waals surface area contributed by atoms with Crippen LogP contribution in [0.25, 0.3) is 28.4 Å². The van der Waals surface area contributed by atoms with E-state index >= 15 is 0 Å². The molecule has 1 aliphatic heterocycles. The molecule has 156 valence electrons. The highest BCUT2D eigenvalue weighted by atomic mass is 35.5. The van der Waals surface area contributed by atoms with Gasteiger partial charge in [0.2, 0.25) is 0 Å². The molecule has 1 aliphatic rings. The van der Waals surface area contributed by atoms with Gasteiger partial charge in [-0.15, -0.1) is 0 Å². The van der Waals surface area contributed by atoms with Crippen LogP contribution in [0.5, 0.6) is 0 Å². The van der Waals surface area contributed by atoms with Crippen LogP contribution in [0.2, 0.25) is 5.02 Å². The second-order valence-corrected chi connectivity index (χ2v) is 7.73. The fourth-order valence-electron chi connectivity index (χ4n) is 3.65. The van der Waals surface area contributed by atoms with Crippen molar-refractivity contribution in [3.8, 4) is 11.4 Å². The van der Waals surface area contributed by atoms with E-state index < -0.39 is 5.91 Å². The first-order valence-electron chi connectivity index (χ1n) is 9.97. The lowest BCUT2D eigenvalue weighted by molar-refractivity contribution is -0.115. The molecule has 0 saturated carbocycles. The third-order valence-corrected chi connectivity index (χ3v) is 5.41. The van der Waals surface area contributed by atoms with Crippen molar-refractivity contribution in [2.45, 2.75) is 6.92 Å². The summed E-state index contributed by atoms with van der Waals surface area (Å²) in [5.41, 5.74) is 1.94. The molecule has 2 heterocycles. The van der Waals surface area contributed by atoms with Crippen molar-refractivity contribution >= 4 is 40.3 Å². The number of carbonyl (C=O) groups excluding carboxylic acids is 1. The molecule has 0 fully saturated rings. The molecular formula is C25H17ClN4O2. The summed E-state index contributed by atoms with van der Waals surface area (Å²) in [6.45, 7) is 1.69. The second kappa shape index (κ2) is 7.90. The van der Waals surface area contributed by atoms with Crippen LogP contribution in [-0.4, -0.2) is 21.4 Å². The van der Waals surface area contributed by atoms with Gasteiger partial charge in [-0.05, 0) is 42.8 Å². The van der Waals surface area contributed by atoms with Crippen LogP contribution >= 0.6 is 11.6 Å². The van der Waals surface area contributed by atoms with Crippen molar-refractivity contribution in [3.63, 3.8) is 0 Å². The lowest BCUT2D eigenvalue weighted by atomic mass is 10.2. The maximum Gasteiger partial charge on any atom is 0.297 e. The van der Waals surface area contributed by atoms with Gasteiger partial charge in [0, 0.05) is 10.6 Å². The number of fused-ring (bicyclic) bond motifs is 1. The van der Waals surface area contributed by atoms with Crippen molar-refractivity contribution in [1.29, 1.82) is 0 Å². The Bertz CT molecular complexity index is 1470. The van der Waals surface area contributed by atoms with E-state index in [4.69, 9.17) is 16.6 Å². The molecule has 1 aromatic heterocycles. The minimum Gasteiger partial charge on any atom is -0.267 e. The summed E-state index contributed by atoms with van der Waals surface area (Å²) in [7, 11) is 0. The van der Waals surface area contributed by atoms with Gasteiger partial charge in [-0.2, -0.15) is 9.69 Å². The van der Waals surface area contributed by atoms with Crippen LogP contribution in [-0.2, 0) is 4.79 Å². The summed E-state index contributed by atoms with van der Waals surface area (Å²) in [5.74, 6) is 0.338. The highest BCUT2D eigenvalue weighted by Crippen LogP contribution is 2.23. The fourth-order valence-corrected chi connectivity index (χ4v) is 3.78. The summed E-state index contributed by atoms with van der Waals surface area (Å²) < 4.78 is 1.31. The molecule has 0 spiro atoms. The molecule has 3 aromatic carbocycles. The van der Waals surface area contributed by atoms with Gasteiger partial charge in [0.05, 0.1) is 10.9 Å². The summed E-state index contributed by atoms with van der Waals surface area (Å²) in [5, 5.41) is 2.31. The first-order chi connectivity index (χ1) is 15.5. The van der Waals surface area contributed by atoms with Gasteiger partial charge in [-0.25, -0.2) is 9.98 Å². The number of amidine groups is 1. The van der Waals surface area contributed by atoms with Gasteiger partial charge in [0.25, 0.3) is 11.5 Å². The fraction of sp³-hybridized carbons (Fsp3) is 0.0400. The number of halogens is 1. The smallest absolute Gasteiger partial charge is 0.267 e. The van der Waals surface area contributed by atoms with Crippen molar-refractivity contribution < 1.29 is 4.79 Å². The van der Waals surface area contributed by atoms with Crippen LogP contribution < -0.4 is 10.6 Å². The highest BCUT2D eigenvalue weighted by molar-refractivity contribution is 6.30. The minimum atomic E-state index is -0.409. The Balaban J connectivity index is 1.70. The molecule has 4 aromatic rings. The van der Waals surface area contributed by atoms with Crippen molar-refractivity contribution in [3.05, 3.63) is 105 Å². The van der Waals surface area contributed by atoms with Gasteiger partial charge in [-0.1, -0.05) is 66.2 Å². The van der Waals surface area contributed by atoms with E-state index in [9.17, 15) is 9.59 Å². The van der Waals surface area contributed by atoms with E-state index in [0.29, 0.717) is 33.1 Å². The maximum atomic E-state index is 13.5.